The molecule has 0 heterocycles. The number of rotatable bonds is 6. The van der Waals surface area contributed by atoms with Crippen LogP contribution in [0.2, 0.25) is 0 Å². The van der Waals surface area contributed by atoms with Crippen LogP contribution < -0.4 is 4.74 Å². The van der Waals surface area contributed by atoms with E-state index in [9.17, 15) is 10.0 Å². The van der Waals surface area contributed by atoms with Crippen molar-refractivity contribution in [3.05, 3.63) is 64.6 Å². The van der Waals surface area contributed by atoms with Gasteiger partial charge < -0.3 is 14.6 Å². The lowest BCUT2D eigenvalue weighted by molar-refractivity contribution is 0.0511. The third-order valence-electron chi connectivity index (χ3n) is 2.87. The molecule has 1 unspecified atom stereocenters. The van der Waals surface area contributed by atoms with Crippen LogP contribution in [0.25, 0.3) is 0 Å². The van der Waals surface area contributed by atoms with Crippen molar-refractivity contribution in [2.24, 2.45) is 5.18 Å². The Morgan fingerprint density at radius 3 is 2.50 bits per heavy atom. The average Bonchev–Trinajstić information content (AvgIpc) is 2.52. The van der Waals surface area contributed by atoms with E-state index in [0.717, 1.165) is 0 Å². The van der Waals surface area contributed by atoms with Crippen molar-refractivity contribution in [1.29, 1.82) is 0 Å². The summed E-state index contributed by atoms with van der Waals surface area (Å²) in [5, 5.41) is 13.2. The van der Waals surface area contributed by atoms with Gasteiger partial charge in [0.1, 0.15) is 17.5 Å². The summed E-state index contributed by atoms with van der Waals surface area (Å²) >= 11 is 0. The number of nitroso groups, excluding NO2 is 1. The number of methoxy groups -OCH3 is 1. The fraction of sp³-hybridized carbons (Fsp3) is 0.200. The summed E-state index contributed by atoms with van der Waals surface area (Å²) in [4.78, 5) is 10.7. The van der Waals surface area contributed by atoms with Crippen LogP contribution in [0.1, 0.15) is 17.2 Å². The highest BCUT2D eigenvalue weighted by Gasteiger charge is 2.14. The Hall–Kier alpha value is -2.24. The fourth-order valence-electron chi connectivity index (χ4n) is 1.85. The number of aliphatic hydroxyl groups excluding tert-OH is 1. The van der Waals surface area contributed by atoms with E-state index < -0.39 is 6.10 Å². The molecule has 0 aliphatic heterocycles. The molecule has 20 heavy (non-hydrogen) atoms. The minimum atomic E-state index is -0.902. The molecule has 1 atom stereocenters. The summed E-state index contributed by atoms with van der Waals surface area (Å²) < 4.78 is 10.1. The normalized spacial score (nSPS) is 11.9. The number of hydrogen-bond acceptors (Lipinski definition) is 5. The third-order valence-corrected chi connectivity index (χ3v) is 2.87. The van der Waals surface area contributed by atoms with Crippen LogP contribution in [0.15, 0.2) is 53.7 Å². The van der Waals surface area contributed by atoms with Crippen molar-refractivity contribution in [1.82, 2.24) is 0 Å². The second kappa shape index (κ2) is 6.79. The summed E-state index contributed by atoms with van der Waals surface area (Å²) in [6, 6.07) is 13.6. The average molecular weight is 273 g/mol. The monoisotopic (exact) mass is 273 g/mol. The third kappa shape index (κ3) is 3.20. The van der Waals surface area contributed by atoms with Crippen molar-refractivity contribution in [3.63, 3.8) is 0 Å². The van der Waals surface area contributed by atoms with E-state index in [2.05, 4.69) is 5.18 Å². The van der Waals surface area contributed by atoms with Crippen LogP contribution >= 0.6 is 0 Å². The molecule has 0 saturated carbocycles. The van der Waals surface area contributed by atoms with Crippen LogP contribution in [-0.2, 0) is 4.74 Å². The molecule has 1 N–H and O–H groups in total. The standard InChI is InChI=1S/C15H15NO4/c1-19-10-20-12-8-6-11(7-9-12)15(17)13-4-2-3-5-14(13)16-18/h2-9,15,17H,10H2,1H3. The first kappa shape index (κ1) is 14.2. The van der Waals surface area contributed by atoms with Crippen molar-refractivity contribution in [2.45, 2.75) is 6.10 Å². The molecule has 2 aromatic carbocycles. The predicted molar refractivity (Wildman–Crippen MR) is 74.9 cm³/mol. The number of aliphatic hydroxyl groups is 1. The highest BCUT2D eigenvalue weighted by molar-refractivity contribution is 5.49. The zero-order chi connectivity index (χ0) is 14.4. The van der Waals surface area contributed by atoms with Gasteiger partial charge in [0.2, 0.25) is 0 Å². The number of nitrogens with zero attached hydrogens (tertiary/aromatic N) is 1. The van der Waals surface area contributed by atoms with Crippen LogP contribution in [0.3, 0.4) is 0 Å². The van der Waals surface area contributed by atoms with Crippen molar-refractivity contribution >= 4 is 5.69 Å². The van der Waals surface area contributed by atoms with Gasteiger partial charge in [-0.05, 0) is 28.9 Å². The Morgan fingerprint density at radius 2 is 1.85 bits per heavy atom. The van der Waals surface area contributed by atoms with Crippen LogP contribution in [0.5, 0.6) is 5.75 Å². The molecule has 0 fully saturated rings. The second-order valence-electron chi connectivity index (χ2n) is 4.17. The first-order valence-electron chi connectivity index (χ1n) is 6.08. The van der Waals surface area contributed by atoms with Crippen molar-refractivity contribution in [2.75, 3.05) is 13.9 Å². The van der Waals surface area contributed by atoms with Gasteiger partial charge in [0.15, 0.2) is 6.79 Å². The van der Waals surface area contributed by atoms with E-state index >= 15 is 0 Å². The molecule has 0 amide bonds. The molecule has 5 nitrogen and oxygen atoms in total. The van der Waals surface area contributed by atoms with Gasteiger partial charge in [-0.1, -0.05) is 30.3 Å². The second-order valence-corrected chi connectivity index (χ2v) is 4.17. The Bertz CT molecular complexity index is 568. The van der Waals surface area contributed by atoms with Gasteiger partial charge in [-0.25, -0.2) is 0 Å². The Balaban J connectivity index is 2.20. The zero-order valence-corrected chi connectivity index (χ0v) is 11.0. The summed E-state index contributed by atoms with van der Waals surface area (Å²) in [5.74, 6) is 0.643. The Kier molecular flexibility index (Phi) is 4.81. The number of benzene rings is 2. The molecule has 0 aromatic heterocycles. The lowest BCUT2D eigenvalue weighted by Gasteiger charge is -2.13. The highest BCUT2D eigenvalue weighted by Crippen LogP contribution is 2.30. The maximum absolute atomic E-state index is 10.7. The molecule has 5 heteroatoms. The topological polar surface area (TPSA) is 68.1 Å². The van der Waals surface area contributed by atoms with E-state index in [-0.39, 0.29) is 12.5 Å². The summed E-state index contributed by atoms with van der Waals surface area (Å²) in [6.45, 7) is 0.166. The summed E-state index contributed by atoms with van der Waals surface area (Å²) in [6.07, 6.45) is -0.902. The maximum atomic E-state index is 10.7. The van der Waals surface area contributed by atoms with E-state index in [1.807, 2.05) is 0 Å². The highest BCUT2D eigenvalue weighted by atomic mass is 16.7. The van der Waals surface area contributed by atoms with Crippen LogP contribution in [-0.4, -0.2) is 19.0 Å². The van der Waals surface area contributed by atoms with Crippen molar-refractivity contribution < 1.29 is 14.6 Å². The molecular weight excluding hydrogens is 258 g/mol. The Morgan fingerprint density at radius 1 is 1.15 bits per heavy atom. The lowest BCUT2D eigenvalue weighted by atomic mass is 10.00. The maximum Gasteiger partial charge on any atom is 0.188 e. The molecule has 104 valence electrons. The molecule has 0 spiro atoms. The van der Waals surface area contributed by atoms with Gasteiger partial charge in [0.05, 0.1) is 0 Å². The van der Waals surface area contributed by atoms with Gasteiger partial charge in [0, 0.05) is 12.7 Å². The smallest absolute Gasteiger partial charge is 0.188 e. The van der Waals surface area contributed by atoms with Crippen LogP contribution in [0, 0.1) is 4.91 Å². The molecule has 0 saturated heterocycles. The van der Waals surface area contributed by atoms with E-state index in [4.69, 9.17) is 9.47 Å². The largest absolute Gasteiger partial charge is 0.468 e. The zero-order valence-electron chi connectivity index (χ0n) is 11.0. The van der Waals surface area contributed by atoms with Gasteiger partial charge in [-0.2, -0.15) is 0 Å². The molecule has 0 aliphatic carbocycles. The molecular formula is C15H15NO4. The Labute approximate surface area is 116 Å². The molecule has 2 aromatic rings. The molecule has 2 rings (SSSR count). The first-order chi connectivity index (χ1) is 9.76. The van der Waals surface area contributed by atoms with E-state index in [1.165, 1.54) is 0 Å². The van der Waals surface area contributed by atoms with E-state index in [0.29, 0.717) is 16.9 Å². The number of ether oxygens (including phenoxy) is 2. The minimum Gasteiger partial charge on any atom is -0.468 e. The molecule has 0 aliphatic rings. The van der Waals surface area contributed by atoms with Gasteiger partial charge in [-0.3, -0.25) is 0 Å². The van der Waals surface area contributed by atoms with Gasteiger partial charge in [0.25, 0.3) is 0 Å². The quantitative estimate of drug-likeness (QED) is 0.648. The van der Waals surface area contributed by atoms with Crippen LogP contribution in [0.4, 0.5) is 5.69 Å². The van der Waals surface area contributed by atoms with Crippen molar-refractivity contribution in [3.8, 4) is 5.75 Å². The van der Waals surface area contributed by atoms with E-state index in [1.54, 1.807) is 55.6 Å². The molecule has 0 radical (unpaired) electrons. The number of hydrogen-bond donors (Lipinski definition) is 1. The first-order valence-corrected chi connectivity index (χ1v) is 6.08. The predicted octanol–water partition coefficient (Wildman–Crippen LogP) is 3.15. The van der Waals surface area contributed by atoms with Gasteiger partial charge >= 0.3 is 0 Å². The molecule has 0 bridgehead atoms. The summed E-state index contributed by atoms with van der Waals surface area (Å²) in [5.41, 5.74) is 1.37. The lowest BCUT2D eigenvalue weighted by Crippen LogP contribution is -2.01. The van der Waals surface area contributed by atoms with Gasteiger partial charge in [-0.15, -0.1) is 4.91 Å². The SMILES string of the molecule is COCOc1ccc(C(O)c2ccccc2N=O)cc1. The fourth-order valence-corrected chi connectivity index (χ4v) is 1.85. The minimum absolute atomic E-state index is 0.166. The summed E-state index contributed by atoms with van der Waals surface area (Å²) in [7, 11) is 1.54.